The molecular formula is C14H15ClF3N3O2S. The van der Waals surface area contributed by atoms with E-state index in [1.165, 1.54) is 29.5 Å². The number of carbonyl (C=O) groups excluding carboxylic acids is 1. The monoisotopic (exact) mass is 381 g/mol. The van der Waals surface area contributed by atoms with Crippen LogP contribution in [0.3, 0.4) is 0 Å². The van der Waals surface area contributed by atoms with Crippen molar-refractivity contribution in [2.24, 2.45) is 5.73 Å². The lowest BCUT2D eigenvalue weighted by molar-refractivity contribution is -0.153. The highest BCUT2D eigenvalue weighted by atomic mass is 35.5. The van der Waals surface area contributed by atoms with Crippen molar-refractivity contribution in [2.75, 3.05) is 18.5 Å². The van der Waals surface area contributed by atoms with Crippen LogP contribution in [0.4, 0.5) is 18.9 Å². The topological polar surface area (TPSA) is 77.2 Å². The first-order chi connectivity index (χ1) is 10.9. The molecule has 0 spiro atoms. The van der Waals surface area contributed by atoms with Gasteiger partial charge in [-0.25, -0.2) is 4.98 Å². The molecule has 0 saturated carbocycles. The van der Waals surface area contributed by atoms with Crippen molar-refractivity contribution in [3.63, 3.8) is 0 Å². The molecule has 0 aliphatic rings. The molecule has 1 aromatic heterocycles. The van der Waals surface area contributed by atoms with Gasteiger partial charge in [0.05, 0.1) is 10.7 Å². The van der Waals surface area contributed by atoms with Crippen molar-refractivity contribution in [1.29, 1.82) is 0 Å². The number of hydrogen-bond acceptors (Lipinski definition) is 5. The zero-order valence-corrected chi connectivity index (χ0v) is 13.9. The fourth-order valence-corrected chi connectivity index (χ4v) is 2.49. The maximum absolute atomic E-state index is 12.2. The largest absolute Gasteiger partial charge is 0.482 e. The van der Waals surface area contributed by atoms with Crippen molar-refractivity contribution in [3.8, 4) is 5.75 Å². The number of carbonyl (C=O) groups is 1. The number of ether oxygens (including phenoxy) is 1. The number of nitrogens with zero attached hydrogens (tertiary/aromatic N) is 1. The molecule has 0 bridgehead atoms. The van der Waals surface area contributed by atoms with E-state index in [-0.39, 0.29) is 29.5 Å². The van der Waals surface area contributed by atoms with Crippen LogP contribution >= 0.6 is 23.7 Å². The van der Waals surface area contributed by atoms with Crippen molar-refractivity contribution in [3.05, 3.63) is 40.3 Å². The maximum Gasteiger partial charge on any atom is 0.422 e. The van der Waals surface area contributed by atoms with Crippen LogP contribution in [0.15, 0.2) is 29.6 Å². The molecule has 2 rings (SSSR count). The highest BCUT2D eigenvalue weighted by Crippen LogP contribution is 2.26. The zero-order chi connectivity index (χ0) is 16.9. The van der Waals surface area contributed by atoms with Crippen molar-refractivity contribution in [2.45, 2.75) is 12.6 Å². The third-order valence-electron chi connectivity index (χ3n) is 2.67. The van der Waals surface area contributed by atoms with Gasteiger partial charge in [0.2, 0.25) is 0 Å². The van der Waals surface area contributed by atoms with Crippen LogP contribution in [0.5, 0.6) is 5.75 Å². The maximum atomic E-state index is 12.2. The van der Waals surface area contributed by atoms with Crippen LogP contribution < -0.4 is 15.8 Å². The Bertz CT molecular complexity index is 679. The molecule has 2 aromatic rings. The van der Waals surface area contributed by atoms with Crippen LogP contribution in [0.2, 0.25) is 0 Å². The molecule has 3 N–H and O–H groups in total. The Morgan fingerprint density at radius 2 is 2.04 bits per heavy atom. The fourth-order valence-electron chi connectivity index (χ4n) is 1.70. The van der Waals surface area contributed by atoms with Gasteiger partial charge in [-0.15, -0.1) is 23.7 Å². The number of hydrogen-bond donors (Lipinski definition) is 2. The molecule has 0 aliphatic heterocycles. The average Bonchev–Trinajstić information content (AvgIpc) is 2.95. The predicted molar refractivity (Wildman–Crippen MR) is 88.1 cm³/mol. The zero-order valence-electron chi connectivity index (χ0n) is 12.3. The first-order valence-corrected chi connectivity index (χ1v) is 7.51. The number of anilines is 1. The summed E-state index contributed by atoms with van der Waals surface area (Å²) in [5, 5.41) is 4.79. The van der Waals surface area contributed by atoms with E-state index in [2.05, 4.69) is 10.3 Å². The van der Waals surface area contributed by atoms with Crippen LogP contribution in [0.1, 0.15) is 15.5 Å². The van der Waals surface area contributed by atoms with Crippen molar-refractivity contribution < 1.29 is 22.7 Å². The number of benzene rings is 1. The predicted octanol–water partition coefficient (Wildman–Crippen LogP) is 3.26. The minimum absolute atomic E-state index is 0. The van der Waals surface area contributed by atoms with E-state index in [9.17, 15) is 18.0 Å². The quantitative estimate of drug-likeness (QED) is 0.805. The van der Waals surface area contributed by atoms with Gasteiger partial charge in [0.25, 0.3) is 5.91 Å². The van der Waals surface area contributed by atoms with E-state index >= 15 is 0 Å². The van der Waals surface area contributed by atoms with Gasteiger partial charge in [0.1, 0.15) is 11.4 Å². The number of thiazole rings is 1. The molecule has 0 atom stereocenters. The lowest BCUT2D eigenvalue weighted by Gasteiger charge is -2.13. The molecule has 132 valence electrons. The van der Waals surface area contributed by atoms with Gasteiger partial charge < -0.3 is 15.8 Å². The summed E-state index contributed by atoms with van der Waals surface area (Å²) < 4.78 is 41.4. The number of alkyl halides is 3. The lowest BCUT2D eigenvalue weighted by Crippen LogP contribution is -2.20. The second-order valence-corrected chi connectivity index (χ2v) is 5.46. The molecule has 0 unspecified atom stereocenters. The van der Waals surface area contributed by atoms with Gasteiger partial charge in [-0.05, 0) is 18.7 Å². The van der Waals surface area contributed by atoms with Crippen molar-refractivity contribution in [1.82, 2.24) is 4.98 Å². The van der Waals surface area contributed by atoms with Gasteiger partial charge in [-0.3, -0.25) is 4.79 Å². The number of nitrogens with two attached hydrogens (primary N) is 1. The summed E-state index contributed by atoms with van der Waals surface area (Å²) in [6.07, 6.45) is -3.90. The van der Waals surface area contributed by atoms with Gasteiger partial charge >= 0.3 is 6.18 Å². The van der Waals surface area contributed by atoms with Gasteiger partial charge in [-0.1, -0.05) is 12.1 Å². The normalized spacial score (nSPS) is 10.8. The van der Waals surface area contributed by atoms with Crippen LogP contribution in [-0.2, 0) is 6.42 Å². The van der Waals surface area contributed by atoms with Crippen LogP contribution in [0, 0.1) is 0 Å². The van der Waals surface area contributed by atoms with Gasteiger partial charge in [0, 0.05) is 11.8 Å². The molecule has 0 aliphatic carbocycles. The Balaban J connectivity index is 0.00000288. The second-order valence-electron chi connectivity index (χ2n) is 4.52. The average molecular weight is 382 g/mol. The molecule has 24 heavy (non-hydrogen) atoms. The molecule has 0 fully saturated rings. The molecule has 10 heteroatoms. The van der Waals surface area contributed by atoms with E-state index in [0.717, 1.165) is 5.01 Å². The summed E-state index contributed by atoms with van der Waals surface area (Å²) in [6.45, 7) is -1.01. The Morgan fingerprint density at radius 1 is 1.33 bits per heavy atom. The molecule has 5 nitrogen and oxygen atoms in total. The number of nitrogens with one attached hydrogen (secondary N) is 1. The Morgan fingerprint density at radius 3 is 2.71 bits per heavy atom. The highest BCUT2D eigenvalue weighted by molar-refractivity contribution is 7.09. The van der Waals surface area contributed by atoms with E-state index in [0.29, 0.717) is 13.0 Å². The number of rotatable bonds is 6. The Hall–Kier alpha value is -1.84. The van der Waals surface area contributed by atoms with Crippen LogP contribution in [-0.4, -0.2) is 30.2 Å². The molecule has 0 saturated heterocycles. The molecule has 1 aromatic carbocycles. The third-order valence-corrected chi connectivity index (χ3v) is 3.58. The lowest BCUT2D eigenvalue weighted by atomic mass is 10.3. The standard InChI is InChI=1S/C14H14F3N3O2S.ClH/c15-14(16,17)8-22-11-4-2-1-3-9(11)20-13(21)10-7-23-12(19-10)5-6-18;/h1-4,7H,5-6,8,18H2,(H,20,21);1H. The van der Waals surface area contributed by atoms with Gasteiger partial charge in [0.15, 0.2) is 6.61 Å². The fraction of sp³-hybridized carbons (Fsp3) is 0.286. The second kappa shape index (κ2) is 8.86. The van der Waals surface area contributed by atoms with Crippen molar-refractivity contribution >= 4 is 35.3 Å². The van der Waals surface area contributed by atoms with Gasteiger partial charge in [-0.2, -0.15) is 13.2 Å². The van der Waals surface area contributed by atoms with E-state index in [1.54, 1.807) is 11.4 Å². The third kappa shape index (κ3) is 5.99. The SMILES string of the molecule is Cl.NCCc1nc(C(=O)Nc2ccccc2OCC(F)(F)F)cs1. The molecule has 0 radical (unpaired) electrons. The Labute approximate surface area is 146 Å². The van der Waals surface area contributed by atoms with E-state index < -0.39 is 18.7 Å². The van der Waals surface area contributed by atoms with Crippen LogP contribution in [0.25, 0.3) is 0 Å². The summed E-state index contributed by atoms with van der Waals surface area (Å²) in [6, 6.07) is 5.90. The smallest absolute Gasteiger partial charge is 0.422 e. The Kier molecular flexibility index (Phi) is 7.46. The number of amides is 1. The minimum atomic E-state index is -4.46. The van der Waals surface area contributed by atoms with E-state index in [1.807, 2.05) is 0 Å². The summed E-state index contributed by atoms with van der Waals surface area (Å²) in [4.78, 5) is 16.2. The first kappa shape index (κ1) is 20.2. The summed E-state index contributed by atoms with van der Waals surface area (Å²) in [5.74, 6) is -0.580. The minimum Gasteiger partial charge on any atom is -0.482 e. The highest BCUT2D eigenvalue weighted by Gasteiger charge is 2.29. The molecule has 1 amide bonds. The number of halogens is 4. The summed E-state index contributed by atoms with van der Waals surface area (Å²) in [7, 11) is 0. The number of aromatic nitrogens is 1. The summed E-state index contributed by atoms with van der Waals surface area (Å²) >= 11 is 1.30. The number of para-hydroxylation sites is 2. The first-order valence-electron chi connectivity index (χ1n) is 6.63. The molecular weight excluding hydrogens is 367 g/mol. The summed E-state index contributed by atoms with van der Waals surface area (Å²) in [5.41, 5.74) is 5.75. The molecule has 1 heterocycles. The van der Waals surface area contributed by atoms with E-state index in [4.69, 9.17) is 10.5 Å².